The van der Waals surface area contributed by atoms with Gasteiger partial charge in [-0.2, -0.15) is 4.98 Å². The van der Waals surface area contributed by atoms with Crippen LogP contribution in [-0.2, 0) is 11.3 Å². The highest BCUT2D eigenvalue weighted by Crippen LogP contribution is 2.33. The molecule has 0 saturated carbocycles. The van der Waals surface area contributed by atoms with Gasteiger partial charge in [0.15, 0.2) is 0 Å². The van der Waals surface area contributed by atoms with Crippen LogP contribution < -0.4 is 5.32 Å². The van der Waals surface area contributed by atoms with E-state index < -0.39 is 0 Å². The van der Waals surface area contributed by atoms with Crippen LogP contribution in [0.15, 0.2) is 35.2 Å². The van der Waals surface area contributed by atoms with Crippen molar-refractivity contribution in [1.82, 2.24) is 30.0 Å². The standard InChI is InChI=1S/C18H23N7O2/c1-26-11-9-22-16-13(4-2-6-21-16)17-23-18(27-24-17)14-5-3-10-25(14)12-15-19-7-8-20-15/h2,4,6-8,14H,3,5,9-12H2,1H3,(H,19,20)(H,21,22). The lowest BCUT2D eigenvalue weighted by Gasteiger charge is -2.19. The summed E-state index contributed by atoms with van der Waals surface area (Å²) in [5, 5.41) is 7.45. The molecule has 4 heterocycles. The molecule has 0 amide bonds. The van der Waals surface area contributed by atoms with Gasteiger partial charge in [-0.1, -0.05) is 5.16 Å². The molecule has 9 heteroatoms. The second kappa shape index (κ2) is 8.28. The Labute approximate surface area is 157 Å². The minimum Gasteiger partial charge on any atom is -0.383 e. The number of imidazole rings is 1. The van der Waals surface area contributed by atoms with Crippen molar-refractivity contribution in [1.29, 1.82) is 0 Å². The van der Waals surface area contributed by atoms with Gasteiger partial charge in [-0.3, -0.25) is 4.90 Å². The number of anilines is 1. The fourth-order valence-corrected chi connectivity index (χ4v) is 3.35. The van der Waals surface area contributed by atoms with Crippen molar-refractivity contribution >= 4 is 5.82 Å². The van der Waals surface area contributed by atoms with Gasteiger partial charge < -0.3 is 19.6 Å². The van der Waals surface area contributed by atoms with Crippen LogP contribution in [0.3, 0.4) is 0 Å². The third-order valence-electron chi connectivity index (χ3n) is 4.65. The zero-order chi connectivity index (χ0) is 18.5. The molecular formula is C18H23N7O2. The quantitative estimate of drug-likeness (QED) is 0.583. The van der Waals surface area contributed by atoms with Crippen LogP contribution in [0.2, 0.25) is 0 Å². The SMILES string of the molecule is COCCNc1ncccc1-c1noc(C2CCCN2Cc2ncc[nH]2)n1. The molecule has 0 spiro atoms. The van der Waals surface area contributed by atoms with Gasteiger partial charge in [-0.15, -0.1) is 0 Å². The molecule has 3 aromatic heterocycles. The third-order valence-corrected chi connectivity index (χ3v) is 4.65. The van der Waals surface area contributed by atoms with Crippen molar-refractivity contribution in [2.75, 3.05) is 32.1 Å². The first kappa shape index (κ1) is 17.6. The van der Waals surface area contributed by atoms with Crippen LogP contribution in [0, 0.1) is 0 Å². The molecule has 142 valence electrons. The van der Waals surface area contributed by atoms with Gasteiger partial charge >= 0.3 is 0 Å². The molecule has 27 heavy (non-hydrogen) atoms. The Hall–Kier alpha value is -2.78. The van der Waals surface area contributed by atoms with Gasteiger partial charge in [0, 0.05) is 32.2 Å². The maximum atomic E-state index is 5.62. The van der Waals surface area contributed by atoms with Crippen LogP contribution in [0.5, 0.6) is 0 Å². The van der Waals surface area contributed by atoms with Crippen LogP contribution in [0.1, 0.15) is 30.6 Å². The largest absolute Gasteiger partial charge is 0.383 e. The minimum absolute atomic E-state index is 0.109. The average Bonchev–Trinajstić information content (AvgIpc) is 3.44. The lowest BCUT2D eigenvalue weighted by Crippen LogP contribution is -2.23. The molecule has 4 rings (SSSR count). The van der Waals surface area contributed by atoms with E-state index in [1.54, 1.807) is 19.5 Å². The van der Waals surface area contributed by atoms with Crippen molar-refractivity contribution in [2.45, 2.75) is 25.4 Å². The molecule has 1 aliphatic rings. The number of hydrogen-bond donors (Lipinski definition) is 2. The van der Waals surface area contributed by atoms with Gasteiger partial charge in [-0.25, -0.2) is 9.97 Å². The maximum absolute atomic E-state index is 5.62. The molecule has 0 bridgehead atoms. The van der Waals surface area contributed by atoms with Crippen molar-refractivity contribution in [3.8, 4) is 11.4 Å². The maximum Gasteiger partial charge on any atom is 0.244 e. The molecule has 0 radical (unpaired) electrons. The number of nitrogens with one attached hydrogen (secondary N) is 2. The molecule has 3 aromatic rings. The van der Waals surface area contributed by atoms with E-state index in [9.17, 15) is 0 Å². The average molecular weight is 369 g/mol. The molecule has 1 fully saturated rings. The summed E-state index contributed by atoms with van der Waals surface area (Å²) in [7, 11) is 1.67. The van der Waals surface area contributed by atoms with Gasteiger partial charge in [0.2, 0.25) is 11.7 Å². The number of aromatic amines is 1. The second-order valence-corrected chi connectivity index (χ2v) is 6.44. The normalized spacial score (nSPS) is 17.4. The van der Waals surface area contributed by atoms with Crippen LogP contribution in [0.4, 0.5) is 5.82 Å². The predicted octanol–water partition coefficient (Wildman–Crippen LogP) is 2.25. The van der Waals surface area contributed by atoms with E-state index in [2.05, 4.69) is 35.3 Å². The molecule has 2 N–H and O–H groups in total. The Morgan fingerprint density at radius 2 is 2.33 bits per heavy atom. The van der Waals surface area contributed by atoms with Crippen molar-refractivity contribution in [3.05, 3.63) is 42.4 Å². The fraction of sp³-hybridized carbons (Fsp3) is 0.444. The summed E-state index contributed by atoms with van der Waals surface area (Å²) in [6.07, 6.45) is 7.44. The van der Waals surface area contributed by atoms with Gasteiger partial charge in [0.25, 0.3) is 0 Å². The lowest BCUT2D eigenvalue weighted by atomic mass is 10.2. The number of methoxy groups -OCH3 is 1. The van der Waals surface area contributed by atoms with E-state index in [0.717, 1.165) is 43.1 Å². The van der Waals surface area contributed by atoms with E-state index in [4.69, 9.17) is 9.26 Å². The first-order valence-electron chi connectivity index (χ1n) is 9.09. The molecule has 1 unspecified atom stereocenters. The van der Waals surface area contributed by atoms with E-state index in [-0.39, 0.29) is 6.04 Å². The molecular weight excluding hydrogens is 346 g/mol. The number of ether oxygens (including phenoxy) is 1. The number of H-pyrrole nitrogens is 1. The number of nitrogens with zero attached hydrogens (tertiary/aromatic N) is 5. The number of hydrogen-bond acceptors (Lipinski definition) is 8. The van der Waals surface area contributed by atoms with E-state index in [1.807, 2.05) is 18.3 Å². The molecule has 1 atom stereocenters. The van der Waals surface area contributed by atoms with Gasteiger partial charge in [0.1, 0.15) is 11.6 Å². The number of rotatable bonds is 8. The van der Waals surface area contributed by atoms with Crippen LogP contribution in [-0.4, -0.2) is 56.8 Å². The monoisotopic (exact) mass is 369 g/mol. The molecule has 1 saturated heterocycles. The molecule has 0 aromatic carbocycles. The Bertz CT molecular complexity index is 849. The summed E-state index contributed by atoms with van der Waals surface area (Å²) in [6, 6.07) is 3.91. The van der Waals surface area contributed by atoms with Crippen molar-refractivity contribution < 1.29 is 9.26 Å². The lowest BCUT2D eigenvalue weighted by molar-refractivity contribution is 0.197. The summed E-state index contributed by atoms with van der Waals surface area (Å²) < 4.78 is 10.7. The summed E-state index contributed by atoms with van der Waals surface area (Å²) >= 11 is 0. The Kier molecular flexibility index (Phi) is 5.40. The van der Waals surface area contributed by atoms with Crippen molar-refractivity contribution in [2.24, 2.45) is 0 Å². The van der Waals surface area contributed by atoms with E-state index >= 15 is 0 Å². The van der Waals surface area contributed by atoms with E-state index in [0.29, 0.717) is 24.9 Å². The summed E-state index contributed by atoms with van der Waals surface area (Å²) in [5.74, 6) is 2.85. The Morgan fingerprint density at radius 1 is 1.37 bits per heavy atom. The second-order valence-electron chi connectivity index (χ2n) is 6.44. The zero-order valence-corrected chi connectivity index (χ0v) is 15.3. The number of aromatic nitrogens is 5. The van der Waals surface area contributed by atoms with Crippen molar-refractivity contribution in [3.63, 3.8) is 0 Å². The highest BCUT2D eigenvalue weighted by atomic mass is 16.5. The fourth-order valence-electron chi connectivity index (χ4n) is 3.35. The number of pyridine rings is 1. The molecule has 9 nitrogen and oxygen atoms in total. The Morgan fingerprint density at radius 3 is 3.19 bits per heavy atom. The topological polar surface area (TPSA) is 105 Å². The minimum atomic E-state index is 0.109. The Balaban J connectivity index is 1.51. The van der Waals surface area contributed by atoms with E-state index in [1.165, 1.54) is 0 Å². The van der Waals surface area contributed by atoms with Crippen LogP contribution >= 0.6 is 0 Å². The van der Waals surface area contributed by atoms with Crippen LogP contribution in [0.25, 0.3) is 11.4 Å². The first-order chi connectivity index (χ1) is 13.3. The summed E-state index contributed by atoms with van der Waals surface area (Å²) in [5.41, 5.74) is 0.819. The van der Waals surface area contributed by atoms with Gasteiger partial charge in [0.05, 0.1) is 24.8 Å². The highest BCUT2D eigenvalue weighted by molar-refractivity contribution is 5.69. The summed E-state index contributed by atoms with van der Waals surface area (Å²) in [4.78, 5) is 18.8. The summed E-state index contributed by atoms with van der Waals surface area (Å²) in [6.45, 7) is 2.98. The predicted molar refractivity (Wildman–Crippen MR) is 98.9 cm³/mol. The number of likely N-dealkylation sites (tertiary alicyclic amines) is 1. The smallest absolute Gasteiger partial charge is 0.244 e. The highest BCUT2D eigenvalue weighted by Gasteiger charge is 2.31. The zero-order valence-electron chi connectivity index (χ0n) is 15.3. The third kappa shape index (κ3) is 3.99. The first-order valence-corrected chi connectivity index (χ1v) is 9.09. The van der Waals surface area contributed by atoms with Gasteiger partial charge in [-0.05, 0) is 31.5 Å². The molecule has 1 aliphatic heterocycles. The molecule has 0 aliphatic carbocycles.